The summed E-state index contributed by atoms with van der Waals surface area (Å²) in [7, 11) is 0. The minimum Gasteiger partial charge on any atom is -0.301 e. The van der Waals surface area contributed by atoms with Crippen molar-refractivity contribution in [2.75, 3.05) is 0 Å². The first-order chi connectivity index (χ1) is 13.0. The van der Waals surface area contributed by atoms with Crippen LogP contribution in [0.5, 0.6) is 0 Å². The lowest BCUT2D eigenvalue weighted by molar-refractivity contribution is 0.980. The molecule has 2 aromatic carbocycles. The molecule has 0 saturated heterocycles. The summed E-state index contributed by atoms with van der Waals surface area (Å²) in [5, 5.41) is 4.38. The number of hydrogen-bond donors (Lipinski definition) is 1. The number of aryl methyl sites for hydroxylation is 1. The van der Waals surface area contributed by atoms with Gasteiger partial charge in [0.2, 0.25) is 0 Å². The number of nitrogens with zero attached hydrogens (tertiary/aromatic N) is 1. The zero-order valence-corrected chi connectivity index (χ0v) is 17.4. The fraction of sp³-hybridized carbons (Fsp3) is 0.100. The largest absolute Gasteiger partial charge is 0.301 e. The maximum absolute atomic E-state index is 12.7. The summed E-state index contributed by atoms with van der Waals surface area (Å²) < 4.78 is 0. The molecule has 0 unspecified atom stereocenters. The summed E-state index contributed by atoms with van der Waals surface area (Å²) in [6.45, 7) is 2.04. The van der Waals surface area contributed by atoms with E-state index in [1.807, 2.05) is 42.6 Å². The van der Waals surface area contributed by atoms with Crippen LogP contribution in [0.25, 0.3) is 21.3 Å². The third kappa shape index (κ3) is 3.78. The Morgan fingerprint density at radius 3 is 2.52 bits per heavy atom. The number of fused-ring (bicyclic) bond motifs is 1. The van der Waals surface area contributed by atoms with Gasteiger partial charge in [0.05, 0.1) is 5.39 Å². The molecule has 0 bridgehead atoms. The molecule has 0 aliphatic carbocycles. The zero-order valence-electron chi connectivity index (χ0n) is 14.3. The van der Waals surface area contributed by atoms with E-state index in [2.05, 4.69) is 9.97 Å². The molecule has 4 aromatic rings. The van der Waals surface area contributed by atoms with Crippen LogP contribution in [0.4, 0.5) is 0 Å². The van der Waals surface area contributed by atoms with E-state index >= 15 is 0 Å². The van der Waals surface area contributed by atoms with Gasteiger partial charge in [-0.2, -0.15) is 0 Å². The highest BCUT2D eigenvalue weighted by Crippen LogP contribution is 2.33. The van der Waals surface area contributed by atoms with E-state index < -0.39 is 0 Å². The predicted octanol–water partition coefficient (Wildman–Crippen LogP) is 6.56. The summed E-state index contributed by atoms with van der Waals surface area (Å²) in [6.07, 6.45) is 0. The van der Waals surface area contributed by atoms with Crippen LogP contribution in [0.1, 0.15) is 11.1 Å². The molecule has 0 atom stereocenters. The van der Waals surface area contributed by atoms with Crippen molar-refractivity contribution in [1.82, 2.24) is 9.97 Å². The zero-order chi connectivity index (χ0) is 19.0. The molecule has 136 valence electrons. The summed E-state index contributed by atoms with van der Waals surface area (Å²) >= 11 is 15.3. The Kier molecular flexibility index (Phi) is 5.28. The smallest absolute Gasteiger partial charge is 0.260 e. The van der Waals surface area contributed by atoms with E-state index in [9.17, 15) is 4.79 Å². The minimum absolute atomic E-state index is 0.135. The van der Waals surface area contributed by atoms with Gasteiger partial charge < -0.3 is 4.98 Å². The molecular formula is C20H14Cl2N2OS2. The van der Waals surface area contributed by atoms with Crippen molar-refractivity contribution in [3.05, 3.63) is 79.4 Å². The van der Waals surface area contributed by atoms with Crippen molar-refractivity contribution < 1.29 is 0 Å². The molecule has 0 aliphatic heterocycles. The molecule has 7 heteroatoms. The van der Waals surface area contributed by atoms with Crippen molar-refractivity contribution in [3.63, 3.8) is 0 Å². The molecule has 0 fully saturated rings. The molecule has 2 aromatic heterocycles. The van der Waals surface area contributed by atoms with Crippen LogP contribution in [-0.2, 0) is 5.75 Å². The van der Waals surface area contributed by atoms with Crippen molar-refractivity contribution >= 4 is 56.5 Å². The first kappa shape index (κ1) is 18.6. The van der Waals surface area contributed by atoms with Crippen LogP contribution in [-0.4, -0.2) is 9.97 Å². The van der Waals surface area contributed by atoms with Gasteiger partial charge >= 0.3 is 0 Å². The molecular weight excluding hydrogens is 419 g/mol. The molecule has 0 radical (unpaired) electrons. The van der Waals surface area contributed by atoms with Crippen LogP contribution in [0.2, 0.25) is 10.0 Å². The second-order valence-electron chi connectivity index (χ2n) is 6.06. The fourth-order valence-electron chi connectivity index (χ4n) is 2.75. The quantitative estimate of drug-likeness (QED) is 0.293. The number of hydrogen-bond acceptors (Lipinski definition) is 4. The van der Waals surface area contributed by atoms with Crippen LogP contribution >= 0.6 is 46.3 Å². The average Bonchev–Trinajstić information content (AvgIpc) is 3.06. The highest BCUT2D eigenvalue weighted by molar-refractivity contribution is 7.98. The number of benzene rings is 2. The first-order valence-corrected chi connectivity index (χ1v) is 10.8. The Balaban J connectivity index is 1.67. The van der Waals surface area contributed by atoms with Crippen molar-refractivity contribution in [3.8, 4) is 11.1 Å². The summed E-state index contributed by atoms with van der Waals surface area (Å²) in [5.74, 6) is 0.531. The predicted molar refractivity (Wildman–Crippen MR) is 116 cm³/mol. The van der Waals surface area contributed by atoms with Crippen molar-refractivity contribution in [2.24, 2.45) is 0 Å². The van der Waals surface area contributed by atoms with E-state index in [4.69, 9.17) is 23.2 Å². The number of halogens is 2. The van der Waals surface area contributed by atoms with E-state index in [0.29, 0.717) is 26.3 Å². The molecule has 2 heterocycles. The standard InChI is InChI=1S/C20H14Cl2N2OS2/c1-11-5-7-12(8-6-11)13-9-26-19-17(13)18(25)23-20(24-19)27-10-14-15(21)3-2-4-16(14)22/h2-9H,10H2,1H3,(H,23,24,25). The fourth-order valence-corrected chi connectivity index (χ4v) is 5.36. The topological polar surface area (TPSA) is 45.8 Å². The normalized spacial score (nSPS) is 11.2. The number of thioether (sulfide) groups is 1. The molecule has 0 spiro atoms. The Morgan fingerprint density at radius 2 is 1.81 bits per heavy atom. The maximum Gasteiger partial charge on any atom is 0.260 e. The van der Waals surface area contributed by atoms with E-state index in [-0.39, 0.29) is 5.56 Å². The van der Waals surface area contributed by atoms with Crippen LogP contribution < -0.4 is 5.56 Å². The monoisotopic (exact) mass is 432 g/mol. The maximum atomic E-state index is 12.7. The second kappa shape index (κ2) is 7.68. The molecule has 0 saturated carbocycles. The van der Waals surface area contributed by atoms with Gasteiger partial charge in [-0.25, -0.2) is 4.98 Å². The second-order valence-corrected chi connectivity index (χ2v) is 8.69. The highest BCUT2D eigenvalue weighted by Gasteiger charge is 2.14. The lowest BCUT2D eigenvalue weighted by atomic mass is 10.1. The van der Waals surface area contributed by atoms with Crippen molar-refractivity contribution in [2.45, 2.75) is 17.8 Å². The van der Waals surface area contributed by atoms with Gasteiger partial charge in [0.25, 0.3) is 5.56 Å². The number of rotatable bonds is 4. The summed E-state index contributed by atoms with van der Waals surface area (Å²) in [4.78, 5) is 20.9. The molecule has 0 amide bonds. The van der Waals surface area contributed by atoms with Gasteiger partial charge in [-0.05, 0) is 30.2 Å². The molecule has 3 nitrogen and oxygen atoms in total. The van der Waals surface area contributed by atoms with E-state index in [1.54, 1.807) is 12.1 Å². The van der Waals surface area contributed by atoms with Gasteiger partial charge in [0, 0.05) is 26.7 Å². The van der Waals surface area contributed by atoms with Gasteiger partial charge in [0.15, 0.2) is 5.16 Å². The van der Waals surface area contributed by atoms with Gasteiger partial charge in [0.1, 0.15) is 4.83 Å². The molecule has 4 rings (SSSR count). The number of H-pyrrole nitrogens is 1. The van der Waals surface area contributed by atoms with E-state index in [1.165, 1.54) is 28.7 Å². The Labute approximate surface area is 174 Å². The summed E-state index contributed by atoms with van der Waals surface area (Å²) in [5.41, 5.74) is 3.81. The van der Waals surface area contributed by atoms with E-state index in [0.717, 1.165) is 21.5 Å². The number of aromatic nitrogens is 2. The van der Waals surface area contributed by atoms with Crippen LogP contribution in [0.15, 0.2) is 57.8 Å². The van der Waals surface area contributed by atoms with Crippen molar-refractivity contribution in [1.29, 1.82) is 0 Å². The Morgan fingerprint density at radius 1 is 1.11 bits per heavy atom. The third-order valence-corrected chi connectivity index (χ3v) is 6.68. The number of aromatic amines is 1. The Bertz CT molecular complexity index is 1160. The highest BCUT2D eigenvalue weighted by atomic mass is 35.5. The van der Waals surface area contributed by atoms with Crippen LogP contribution in [0, 0.1) is 6.92 Å². The van der Waals surface area contributed by atoms with Gasteiger partial charge in [-0.3, -0.25) is 4.79 Å². The number of nitrogens with one attached hydrogen (secondary N) is 1. The lowest BCUT2D eigenvalue weighted by Crippen LogP contribution is -2.08. The van der Waals surface area contributed by atoms with Crippen LogP contribution in [0.3, 0.4) is 0 Å². The molecule has 27 heavy (non-hydrogen) atoms. The average molecular weight is 433 g/mol. The van der Waals surface area contributed by atoms with Gasteiger partial charge in [-0.1, -0.05) is 70.9 Å². The molecule has 0 aliphatic rings. The van der Waals surface area contributed by atoms with Gasteiger partial charge in [-0.15, -0.1) is 11.3 Å². The number of thiophene rings is 1. The lowest BCUT2D eigenvalue weighted by Gasteiger charge is -2.06. The first-order valence-electron chi connectivity index (χ1n) is 8.17. The SMILES string of the molecule is Cc1ccc(-c2csc3nc(SCc4c(Cl)cccc4Cl)[nH]c(=O)c23)cc1. The minimum atomic E-state index is -0.135. The third-order valence-electron chi connectivity index (χ3n) is 4.20. The Hall–Kier alpha value is -1.79. The molecule has 1 N–H and O–H groups in total. The summed E-state index contributed by atoms with van der Waals surface area (Å²) in [6, 6.07) is 13.5.